The number of hydrogen-bond donors (Lipinski definition) is 0. The number of nitrogens with zero attached hydrogens (tertiary/aromatic N) is 3. The Hall–Kier alpha value is -8.90. The molecule has 0 amide bonds. The molecule has 11 aromatic carbocycles. The molecule has 0 bridgehead atoms. The van der Waals surface area contributed by atoms with Crippen molar-refractivity contribution in [3.63, 3.8) is 0 Å². The zero-order chi connectivity index (χ0) is 56.9. The fourth-order valence-electron chi connectivity index (χ4n) is 12.8. The van der Waals surface area contributed by atoms with Crippen molar-refractivity contribution >= 4 is 94.8 Å². The van der Waals surface area contributed by atoms with Gasteiger partial charge in [-0.15, -0.1) is 11.3 Å². The highest BCUT2D eigenvalue weighted by Gasteiger charge is 2.47. The first-order chi connectivity index (χ1) is 40.1. The molecule has 2 aliphatic rings. The van der Waals surface area contributed by atoms with Crippen LogP contribution in [0.1, 0.15) is 79.0 Å². The Morgan fingerprint density at radius 3 is 1.46 bits per heavy atom. The van der Waals surface area contributed by atoms with E-state index in [1.807, 2.05) is 11.3 Å². The number of fused-ring (bicyclic) bond motifs is 8. The minimum absolute atomic E-state index is 0.00777. The molecule has 5 heteroatoms. The first-order valence-corrected chi connectivity index (χ1v) is 30.2. The molecule has 3 heterocycles. The van der Waals surface area contributed by atoms with Crippen molar-refractivity contribution in [3.8, 4) is 44.5 Å². The van der Waals surface area contributed by atoms with Crippen molar-refractivity contribution in [2.24, 2.45) is 0 Å². The van der Waals surface area contributed by atoms with Crippen molar-refractivity contribution in [3.05, 3.63) is 265 Å². The van der Waals surface area contributed by atoms with Crippen LogP contribution in [-0.2, 0) is 16.2 Å². The molecule has 1 aromatic heterocycles. The van der Waals surface area contributed by atoms with E-state index in [9.17, 15) is 0 Å². The van der Waals surface area contributed by atoms with Crippen LogP contribution in [0.2, 0.25) is 0 Å². The third-order valence-electron chi connectivity index (χ3n) is 17.3. The Morgan fingerprint density at radius 1 is 0.361 bits per heavy atom. The summed E-state index contributed by atoms with van der Waals surface area (Å²) in [7, 11) is 0. The van der Waals surface area contributed by atoms with E-state index < -0.39 is 0 Å². The molecule has 14 rings (SSSR count). The highest BCUT2D eigenvalue weighted by molar-refractivity contribution is 7.26. The summed E-state index contributed by atoms with van der Waals surface area (Å²) >= 11 is 1.90. The lowest BCUT2D eigenvalue weighted by molar-refractivity contribution is 0.590. The minimum Gasteiger partial charge on any atom is -0.376 e. The highest BCUT2D eigenvalue weighted by atomic mass is 32.1. The van der Waals surface area contributed by atoms with E-state index in [0.29, 0.717) is 0 Å². The summed E-state index contributed by atoms with van der Waals surface area (Å²) in [6.45, 7) is 20.9. The van der Waals surface area contributed by atoms with Gasteiger partial charge in [-0.05, 0) is 162 Å². The SMILES string of the molecule is CC(C)(C)c1ccc(N2B3c4ccc(N(c5ccc(-c6ccccc6)cc5)c5ccc(-c6ccccc6)cc5)cc4N(c4ccc(C(C)(C)C)cc4-c4ccccc4)c4cc(C(C)(C)C)cc(c43)-c3c2ccc2sc4ccccc4c32)cc1. The Kier molecular flexibility index (Phi) is 12.5. The zero-order valence-corrected chi connectivity index (χ0v) is 49.8. The molecule has 2 aliphatic heterocycles. The molecule has 0 aliphatic carbocycles. The summed E-state index contributed by atoms with van der Waals surface area (Å²) in [6.07, 6.45) is 0. The number of rotatable bonds is 8. The van der Waals surface area contributed by atoms with Gasteiger partial charge in [0.2, 0.25) is 0 Å². The highest BCUT2D eigenvalue weighted by Crippen LogP contribution is 2.54. The molecule has 0 saturated heterocycles. The Labute approximate surface area is 494 Å². The maximum absolute atomic E-state index is 2.69. The van der Waals surface area contributed by atoms with Gasteiger partial charge in [0.05, 0.1) is 5.69 Å². The molecule has 0 radical (unpaired) electrons. The number of thiophene rings is 1. The van der Waals surface area contributed by atoms with E-state index >= 15 is 0 Å². The molecule has 0 N–H and O–H groups in total. The predicted octanol–water partition coefficient (Wildman–Crippen LogP) is 21.1. The van der Waals surface area contributed by atoms with Crippen molar-refractivity contribution < 1.29 is 0 Å². The van der Waals surface area contributed by atoms with E-state index in [1.165, 1.54) is 109 Å². The second kappa shape index (κ2) is 19.9. The number of benzene rings is 11. The van der Waals surface area contributed by atoms with Gasteiger partial charge >= 0.3 is 6.85 Å². The Bertz CT molecular complexity index is 4330. The summed E-state index contributed by atoms with van der Waals surface area (Å²) in [4.78, 5) is 7.80. The summed E-state index contributed by atoms with van der Waals surface area (Å²) in [5.74, 6) is 0. The molecule has 0 spiro atoms. The van der Waals surface area contributed by atoms with Gasteiger partial charge in [-0.3, -0.25) is 0 Å². The van der Waals surface area contributed by atoms with Crippen LogP contribution in [0.25, 0.3) is 64.7 Å². The largest absolute Gasteiger partial charge is 0.376 e. The summed E-state index contributed by atoms with van der Waals surface area (Å²) in [5, 5.41) is 2.63. The molecule has 83 heavy (non-hydrogen) atoms. The van der Waals surface area contributed by atoms with E-state index in [2.05, 4.69) is 326 Å². The topological polar surface area (TPSA) is 9.72 Å². The van der Waals surface area contributed by atoms with Crippen molar-refractivity contribution in [1.82, 2.24) is 0 Å². The van der Waals surface area contributed by atoms with Crippen molar-refractivity contribution in [1.29, 1.82) is 0 Å². The smallest absolute Gasteiger partial charge is 0.333 e. The van der Waals surface area contributed by atoms with Crippen LogP contribution in [0.5, 0.6) is 0 Å². The molecule has 12 aromatic rings. The van der Waals surface area contributed by atoms with E-state index in [1.54, 1.807) is 0 Å². The Morgan fingerprint density at radius 2 is 0.867 bits per heavy atom. The molecule has 0 saturated carbocycles. The molecular weight excluding hydrogens is 1020 g/mol. The van der Waals surface area contributed by atoms with E-state index in [-0.39, 0.29) is 23.1 Å². The average Bonchev–Trinajstić information content (AvgIpc) is 3.08. The van der Waals surface area contributed by atoms with Crippen LogP contribution in [-0.4, -0.2) is 6.85 Å². The summed E-state index contributed by atoms with van der Waals surface area (Å²) in [6, 6.07) is 93.8. The number of hydrogen-bond acceptors (Lipinski definition) is 4. The van der Waals surface area contributed by atoms with Gasteiger partial charge in [-0.25, -0.2) is 0 Å². The van der Waals surface area contributed by atoms with Gasteiger partial charge in [0, 0.05) is 71.1 Å². The lowest BCUT2D eigenvalue weighted by atomic mass is 9.43. The van der Waals surface area contributed by atoms with Crippen LogP contribution >= 0.6 is 11.3 Å². The van der Waals surface area contributed by atoms with Gasteiger partial charge in [0.25, 0.3) is 0 Å². The summed E-state index contributed by atoms with van der Waals surface area (Å²) in [5.41, 5.74) is 25.0. The zero-order valence-electron chi connectivity index (χ0n) is 49.0. The lowest BCUT2D eigenvalue weighted by Gasteiger charge is -2.47. The second-order valence-electron chi connectivity index (χ2n) is 25.8. The maximum atomic E-state index is 2.69. The van der Waals surface area contributed by atoms with Gasteiger partial charge in [-0.2, -0.15) is 0 Å². The third-order valence-corrected chi connectivity index (χ3v) is 18.5. The molecule has 0 unspecified atom stereocenters. The van der Waals surface area contributed by atoms with Crippen LogP contribution in [0.3, 0.4) is 0 Å². The fraction of sp³-hybridized carbons (Fsp3) is 0.154. The third kappa shape index (κ3) is 9.14. The van der Waals surface area contributed by atoms with Crippen molar-refractivity contribution in [2.45, 2.75) is 78.6 Å². The molecule has 3 nitrogen and oxygen atoms in total. The van der Waals surface area contributed by atoms with Gasteiger partial charge in [0.15, 0.2) is 0 Å². The van der Waals surface area contributed by atoms with Crippen LogP contribution < -0.4 is 25.5 Å². The van der Waals surface area contributed by atoms with Crippen LogP contribution in [0.15, 0.2) is 249 Å². The summed E-state index contributed by atoms with van der Waals surface area (Å²) < 4.78 is 2.61. The molecular formula is C78H68BN3S. The van der Waals surface area contributed by atoms with Crippen molar-refractivity contribution in [2.75, 3.05) is 14.6 Å². The van der Waals surface area contributed by atoms with Gasteiger partial charge in [-0.1, -0.05) is 226 Å². The van der Waals surface area contributed by atoms with E-state index in [4.69, 9.17) is 0 Å². The Balaban J connectivity index is 1.09. The molecule has 404 valence electrons. The molecule has 0 fully saturated rings. The predicted molar refractivity (Wildman–Crippen MR) is 360 cm³/mol. The first-order valence-electron chi connectivity index (χ1n) is 29.3. The lowest BCUT2D eigenvalue weighted by Crippen LogP contribution is -2.61. The van der Waals surface area contributed by atoms with Crippen LogP contribution in [0, 0.1) is 0 Å². The number of anilines is 8. The second-order valence-corrected chi connectivity index (χ2v) is 26.9. The van der Waals surface area contributed by atoms with Gasteiger partial charge < -0.3 is 14.6 Å². The minimum atomic E-state index is -0.192. The quantitative estimate of drug-likeness (QED) is 0.140. The molecule has 0 atom stereocenters. The maximum Gasteiger partial charge on any atom is 0.333 e. The average molecular weight is 1090 g/mol. The van der Waals surface area contributed by atoms with E-state index in [0.717, 1.165) is 28.4 Å². The van der Waals surface area contributed by atoms with Gasteiger partial charge in [0.1, 0.15) is 0 Å². The fourth-order valence-corrected chi connectivity index (χ4v) is 14.0. The monoisotopic (exact) mass is 1090 g/mol. The standard InChI is InChI=1S/C78H68BN3S/c1-76(2,3)56-33-40-61(41-34-56)82-68-45-46-72-74(63-27-19-20-28-71(63)83-72)73(68)65-48-58(78(7,8)9)49-70-75(65)79(82)66-43-42-62(50-69(66)81(70)67-44-35-57(77(4,5)6)47-64(67)55-25-17-12-18-26-55)80(59-36-29-53(30-37-59)51-21-13-10-14-22-51)60-38-31-54(32-39-60)52-23-15-11-16-24-52/h10-50H,1-9H3. The van der Waals surface area contributed by atoms with Crippen LogP contribution in [0.4, 0.5) is 45.5 Å². The normalized spacial score (nSPS) is 13.0. The first kappa shape index (κ1) is 52.2.